The van der Waals surface area contributed by atoms with E-state index in [4.69, 9.17) is 28.4 Å². The number of methoxy groups -OCH3 is 1. The standard InChI is InChI=1S/C28H28O7/c1-30-27-28(21-13-8-14-22(29)20(21)16-33-28)25(31-15-18-9-4-2-5-10-18)24-23(34-27)17-32-26(35-24)19-11-6-3-7-12-19/h2-14,23-27,29H,15-17H2,1H3/t23-,24-,25+,26?,27+,28-/m1/s1. The summed E-state index contributed by atoms with van der Waals surface area (Å²) in [6, 6.07) is 25.2. The SMILES string of the molecule is CO[C@H]1O[C@@H]2COC(c3ccccc3)O[C@H]2[C@H](OCc2ccccc2)[C@@]12OCc1c(O)cccc12. The van der Waals surface area contributed by atoms with Gasteiger partial charge in [-0.05, 0) is 11.6 Å². The van der Waals surface area contributed by atoms with Crippen LogP contribution in [0.15, 0.2) is 78.9 Å². The van der Waals surface area contributed by atoms with Crippen LogP contribution in [-0.4, -0.2) is 43.4 Å². The summed E-state index contributed by atoms with van der Waals surface area (Å²) in [6.45, 7) is 0.884. The van der Waals surface area contributed by atoms with E-state index in [0.29, 0.717) is 18.8 Å². The summed E-state index contributed by atoms with van der Waals surface area (Å²) in [4.78, 5) is 0. The van der Waals surface area contributed by atoms with E-state index in [1.807, 2.05) is 66.7 Å². The fourth-order valence-corrected chi connectivity index (χ4v) is 5.35. The van der Waals surface area contributed by atoms with Crippen molar-refractivity contribution in [3.8, 4) is 5.75 Å². The zero-order valence-electron chi connectivity index (χ0n) is 19.4. The van der Waals surface area contributed by atoms with Crippen LogP contribution in [0.2, 0.25) is 0 Å². The molecule has 0 amide bonds. The highest BCUT2D eigenvalue weighted by atomic mass is 16.8. The Balaban J connectivity index is 1.41. The molecule has 1 N–H and O–H groups in total. The predicted octanol–water partition coefficient (Wildman–Crippen LogP) is 4.19. The molecule has 6 rings (SSSR count). The molecule has 1 spiro atoms. The van der Waals surface area contributed by atoms with Crippen molar-refractivity contribution in [2.75, 3.05) is 13.7 Å². The molecule has 3 aliphatic rings. The molecule has 182 valence electrons. The molecule has 2 fully saturated rings. The average molecular weight is 477 g/mol. The lowest BCUT2D eigenvalue weighted by Gasteiger charge is -2.53. The Bertz CT molecular complexity index is 1150. The van der Waals surface area contributed by atoms with Crippen molar-refractivity contribution in [2.45, 2.75) is 49.7 Å². The topological polar surface area (TPSA) is 75.6 Å². The minimum absolute atomic E-state index is 0.174. The number of hydrogen-bond donors (Lipinski definition) is 1. The summed E-state index contributed by atoms with van der Waals surface area (Å²) >= 11 is 0. The number of phenolic OH excluding ortho intramolecular Hbond substituents is 1. The molecule has 0 aromatic heterocycles. The lowest BCUT2D eigenvalue weighted by molar-refractivity contribution is -0.398. The molecule has 1 unspecified atom stereocenters. The van der Waals surface area contributed by atoms with Crippen molar-refractivity contribution in [3.63, 3.8) is 0 Å². The monoisotopic (exact) mass is 476 g/mol. The second-order valence-electron chi connectivity index (χ2n) is 9.02. The lowest BCUT2D eigenvalue weighted by Crippen LogP contribution is -2.67. The van der Waals surface area contributed by atoms with Gasteiger partial charge in [0.1, 0.15) is 24.1 Å². The molecule has 35 heavy (non-hydrogen) atoms. The highest BCUT2D eigenvalue weighted by Crippen LogP contribution is 2.52. The van der Waals surface area contributed by atoms with Crippen LogP contribution in [0, 0.1) is 0 Å². The highest BCUT2D eigenvalue weighted by molar-refractivity contribution is 5.46. The van der Waals surface area contributed by atoms with E-state index in [1.165, 1.54) is 0 Å². The van der Waals surface area contributed by atoms with Gasteiger partial charge in [-0.25, -0.2) is 0 Å². The van der Waals surface area contributed by atoms with Gasteiger partial charge in [0.05, 0.1) is 19.8 Å². The van der Waals surface area contributed by atoms with Gasteiger partial charge < -0.3 is 33.5 Å². The lowest BCUT2D eigenvalue weighted by atomic mass is 9.79. The molecule has 0 saturated carbocycles. The number of aromatic hydroxyl groups is 1. The fourth-order valence-electron chi connectivity index (χ4n) is 5.35. The maximum absolute atomic E-state index is 10.6. The van der Waals surface area contributed by atoms with E-state index in [-0.39, 0.29) is 12.4 Å². The minimum Gasteiger partial charge on any atom is -0.508 e. The molecular formula is C28H28O7. The van der Waals surface area contributed by atoms with Crippen molar-refractivity contribution < 1.29 is 33.5 Å². The van der Waals surface area contributed by atoms with Gasteiger partial charge in [-0.15, -0.1) is 0 Å². The van der Waals surface area contributed by atoms with Gasteiger partial charge in [0.2, 0.25) is 0 Å². The molecule has 6 atom stereocenters. The molecule has 0 aliphatic carbocycles. The normalized spacial score (nSPS) is 31.7. The van der Waals surface area contributed by atoms with Gasteiger partial charge in [-0.1, -0.05) is 72.8 Å². The number of fused-ring (bicyclic) bond motifs is 3. The first kappa shape index (κ1) is 22.7. The third-order valence-corrected chi connectivity index (χ3v) is 7.01. The van der Waals surface area contributed by atoms with Crippen LogP contribution in [0.4, 0.5) is 0 Å². The van der Waals surface area contributed by atoms with Crippen molar-refractivity contribution in [1.82, 2.24) is 0 Å². The second-order valence-corrected chi connectivity index (χ2v) is 9.02. The molecule has 0 bridgehead atoms. The molecule has 3 aliphatic heterocycles. The van der Waals surface area contributed by atoms with E-state index in [2.05, 4.69) is 0 Å². The summed E-state index contributed by atoms with van der Waals surface area (Å²) in [5, 5.41) is 10.6. The van der Waals surface area contributed by atoms with Gasteiger partial charge in [0.25, 0.3) is 0 Å². The maximum atomic E-state index is 10.6. The summed E-state index contributed by atoms with van der Waals surface area (Å²) in [7, 11) is 1.59. The van der Waals surface area contributed by atoms with Gasteiger partial charge in [-0.3, -0.25) is 0 Å². The zero-order chi connectivity index (χ0) is 23.8. The Morgan fingerprint density at radius 1 is 0.943 bits per heavy atom. The summed E-state index contributed by atoms with van der Waals surface area (Å²) < 4.78 is 37.9. The average Bonchev–Trinajstić information content (AvgIpc) is 3.30. The molecule has 7 nitrogen and oxygen atoms in total. The second kappa shape index (κ2) is 9.35. The van der Waals surface area contributed by atoms with Gasteiger partial charge >= 0.3 is 0 Å². The zero-order valence-corrected chi connectivity index (χ0v) is 19.4. The molecule has 3 aromatic rings. The van der Waals surface area contributed by atoms with Crippen molar-refractivity contribution >= 4 is 0 Å². The number of hydrogen-bond acceptors (Lipinski definition) is 7. The van der Waals surface area contributed by atoms with Crippen molar-refractivity contribution in [2.24, 2.45) is 0 Å². The van der Waals surface area contributed by atoms with Crippen molar-refractivity contribution in [3.05, 3.63) is 101 Å². The van der Waals surface area contributed by atoms with Gasteiger partial charge in [0, 0.05) is 23.8 Å². The number of phenols is 1. The first-order chi connectivity index (χ1) is 17.2. The number of ether oxygens (including phenoxy) is 6. The van der Waals surface area contributed by atoms with Gasteiger partial charge in [0.15, 0.2) is 18.2 Å². The van der Waals surface area contributed by atoms with Crippen LogP contribution in [0.5, 0.6) is 5.75 Å². The van der Waals surface area contributed by atoms with Crippen LogP contribution in [0.3, 0.4) is 0 Å². The Morgan fingerprint density at radius 2 is 1.71 bits per heavy atom. The molecule has 2 saturated heterocycles. The van der Waals surface area contributed by atoms with Crippen LogP contribution < -0.4 is 0 Å². The summed E-state index contributed by atoms with van der Waals surface area (Å²) in [5.74, 6) is 0.174. The van der Waals surface area contributed by atoms with Crippen LogP contribution in [-0.2, 0) is 47.2 Å². The first-order valence-electron chi connectivity index (χ1n) is 11.8. The Kier molecular flexibility index (Phi) is 6.06. The number of rotatable bonds is 5. The Morgan fingerprint density at radius 3 is 2.49 bits per heavy atom. The molecule has 3 heterocycles. The van der Waals surface area contributed by atoms with Crippen LogP contribution >= 0.6 is 0 Å². The Labute approximate surface area is 204 Å². The smallest absolute Gasteiger partial charge is 0.193 e. The van der Waals surface area contributed by atoms with Crippen LogP contribution in [0.25, 0.3) is 0 Å². The van der Waals surface area contributed by atoms with E-state index in [9.17, 15) is 5.11 Å². The third kappa shape index (κ3) is 3.85. The third-order valence-electron chi connectivity index (χ3n) is 7.01. The summed E-state index contributed by atoms with van der Waals surface area (Å²) in [6.07, 6.45) is -2.86. The van der Waals surface area contributed by atoms with Crippen LogP contribution in [0.1, 0.15) is 28.5 Å². The molecule has 7 heteroatoms. The summed E-state index contributed by atoms with van der Waals surface area (Å²) in [5.41, 5.74) is 2.31. The van der Waals surface area contributed by atoms with Gasteiger partial charge in [-0.2, -0.15) is 0 Å². The minimum atomic E-state index is -1.13. The molecule has 0 radical (unpaired) electrons. The van der Waals surface area contributed by atoms with E-state index < -0.39 is 36.5 Å². The molecular weight excluding hydrogens is 448 g/mol. The largest absolute Gasteiger partial charge is 0.508 e. The fraction of sp³-hybridized carbons (Fsp3) is 0.357. The molecule has 3 aromatic carbocycles. The van der Waals surface area contributed by atoms with E-state index in [1.54, 1.807) is 19.2 Å². The van der Waals surface area contributed by atoms with E-state index in [0.717, 1.165) is 16.7 Å². The Hall–Kier alpha value is -2.78. The number of benzene rings is 3. The van der Waals surface area contributed by atoms with E-state index >= 15 is 0 Å². The maximum Gasteiger partial charge on any atom is 0.193 e. The first-order valence-corrected chi connectivity index (χ1v) is 11.8. The van der Waals surface area contributed by atoms with Crippen molar-refractivity contribution in [1.29, 1.82) is 0 Å². The highest BCUT2D eigenvalue weighted by Gasteiger charge is 2.64. The predicted molar refractivity (Wildman–Crippen MR) is 125 cm³/mol. The quantitative estimate of drug-likeness (QED) is 0.592.